The first kappa shape index (κ1) is 17.0. The van der Waals surface area contributed by atoms with Crippen molar-refractivity contribution in [2.24, 2.45) is 5.92 Å². The SMILES string of the molecule is CC(C)CCNCc1ccc(COCC(F)(F)F)cc1. The minimum atomic E-state index is -4.26. The fourth-order valence-electron chi connectivity index (χ4n) is 1.66. The van der Waals surface area contributed by atoms with Crippen molar-refractivity contribution in [3.05, 3.63) is 35.4 Å². The van der Waals surface area contributed by atoms with E-state index in [9.17, 15) is 13.2 Å². The van der Waals surface area contributed by atoms with Gasteiger partial charge < -0.3 is 10.1 Å². The molecule has 0 unspecified atom stereocenters. The largest absolute Gasteiger partial charge is 0.411 e. The maximum absolute atomic E-state index is 11.9. The van der Waals surface area contributed by atoms with Crippen LogP contribution in [0.1, 0.15) is 31.4 Å². The zero-order valence-electron chi connectivity index (χ0n) is 12.0. The van der Waals surface area contributed by atoms with E-state index in [1.54, 1.807) is 12.1 Å². The van der Waals surface area contributed by atoms with Crippen LogP contribution in [-0.2, 0) is 17.9 Å². The molecular formula is C15H22F3NO. The smallest absolute Gasteiger partial charge is 0.367 e. The van der Waals surface area contributed by atoms with E-state index in [1.165, 1.54) is 0 Å². The molecule has 1 aromatic carbocycles. The van der Waals surface area contributed by atoms with E-state index >= 15 is 0 Å². The molecular weight excluding hydrogens is 267 g/mol. The van der Waals surface area contributed by atoms with Crippen molar-refractivity contribution in [2.75, 3.05) is 13.2 Å². The molecule has 0 saturated carbocycles. The number of alkyl halides is 3. The third kappa shape index (κ3) is 8.17. The number of rotatable bonds is 8. The second-order valence-electron chi connectivity index (χ2n) is 5.28. The molecule has 0 atom stereocenters. The van der Waals surface area contributed by atoms with Crippen molar-refractivity contribution in [2.45, 2.75) is 39.6 Å². The molecule has 2 nitrogen and oxygen atoms in total. The van der Waals surface area contributed by atoms with Crippen LogP contribution in [0.5, 0.6) is 0 Å². The van der Waals surface area contributed by atoms with Gasteiger partial charge >= 0.3 is 6.18 Å². The van der Waals surface area contributed by atoms with Gasteiger partial charge in [-0.3, -0.25) is 0 Å². The normalized spacial score (nSPS) is 12.1. The molecule has 0 saturated heterocycles. The van der Waals surface area contributed by atoms with Gasteiger partial charge in [-0.2, -0.15) is 13.2 Å². The summed E-state index contributed by atoms with van der Waals surface area (Å²) in [6.07, 6.45) is -3.14. The van der Waals surface area contributed by atoms with Crippen LogP contribution >= 0.6 is 0 Å². The molecule has 0 fully saturated rings. The number of hydrogen-bond donors (Lipinski definition) is 1. The van der Waals surface area contributed by atoms with Crippen molar-refractivity contribution < 1.29 is 17.9 Å². The molecule has 0 aromatic heterocycles. The van der Waals surface area contributed by atoms with Gasteiger partial charge in [0.15, 0.2) is 0 Å². The lowest BCUT2D eigenvalue weighted by Gasteiger charge is -2.09. The van der Waals surface area contributed by atoms with Crippen molar-refractivity contribution in [1.82, 2.24) is 5.32 Å². The van der Waals surface area contributed by atoms with Gasteiger partial charge in [-0.05, 0) is 30.0 Å². The van der Waals surface area contributed by atoms with Crippen LogP contribution in [-0.4, -0.2) is 19.3 Å². The van der Waals surface area contributed by atoms with Gasteiger partial charge in [-0.1, -0.05) is 38.1 Å². The third-order valence-corrected chi connectivity index (χ3v) is 2.79. The van der Waals surface area contributed by atoms with Crippen LogP contribution < -0.4 is 5.32 Å². The molecule has 0 aliphatic rings. The summed E-state index contributed by atoms with van der Waals surface area (Å²) in [6, 6.07) is 7.43. The molecule has 0 radical (unpaired) electrons. The summed E-state index contributed by atoms with van der Waals surface area (Å²) in [7, 11) is 0. The Morgan fingerprint density at radius 1 is 1.10 bits per heavy atom. The molecule has 5 heteroatoms. The van der Waals surface area contributed by atoms with Gasteiger partial charge in [0.05, 0.1) is 6.61 Å². The molecule has 20 heavy (non-hydrogen) atoms. The first-order valence-electron chi connectivity index (χ1n) is 6.80. The zero-order valence-corrected chi connectivity index (χ0v) is 12.0. The van der Waals surface area contributed by atoms with Gasteiger partial charge in [-0.15, -0.1) is 0 Å². The summed E-state index contributed by atoms with van der Waals surface area (Å²) < 4.78 is 40.4. The Morgan fingerprint density at radius 2 is 1.70 bits per heavy atom. The number of benzene rings is 1. The Balaban J connectivity index is 2.26. The zero-order chi connectivity index (χ0) is 15.0. The topological polar surface area (TPSA) is 21.3 Å². The van der Waals surface area contributed by atoms with E-state index in [-0.39, 0.29) is 6.61 Å². The molecule has 0 aliphatic carbocycles. The Labute approximate surface area is 118 Å². The Hall–Kier alpha value is -1.07. The lowest BCUT2D eigenvalue weighted by atomic mass is 10.1. The highest BCUT2D eigenvalue weighted by Crippen LogP contribution is 2.15. The minimum absolute atomic E-state index is 0.0133. The number of ether oxygens (including phenoxy) is 1. The lowest BCUT2D eigenvalue weighted by Crippen LogP contribution is -2.17. The predicted octanol–water partition coefficient (Wildman–Crippen LogP) is 3.90. The highest BCUT2D eigenvalue weighted by atomic mass is 19.4. The second kappa shape index (κ2) is 8.27. The lowest BCUT2D eigenvalue weighted by molar-refractivity contribution is -0.176. The first-order chi connectivity index (χ1) is 9.37. The molecule has 1 N–H and O–H groups in total. The van der Waals surface area contributed by atoms with Crippen LogP contribution in [0.15, 0.2) is 24.3 Å². The minimum Gasteiger partial charge on any atom is -0.367 e. The standard InChI is InChI=1S/C15H22F3NO/c1-12(2)7-8-19-9-13-3-5-14(6-4-13)10-20-11-15(16,17)18/h3-6,12,19H,7-11H2,1-2H3. The molecule has 114 valence electrons. The van der Waals surface area contributed by atoms with Crippen molar-refractivity contribution in [1.29, 1.82) is 0 Å². The number of hydrogen-bond acceptors (Lipinski definition) is 2. The third-order valence-electron chi connectivity index (χ3n) is 2.79. The molecule has 0 spiro atoms. The summed E-state index contributed by atoms with van der Waals surface area (Å²) in [6.45, 7) is 4.88. The van der Waals surface area contributed by atoms with Crippen LogP contribution in [0.25, 0.3) is 0 Å². The maximum Gasteiger partial charge on any atom is 0.411 e. The Bertz CT molecular complexity index is 374. The summed E-state index contributed by atoms with van der Waals surface area (Å²) in [5, 5.41) is 3.34. The van der Waals surface area contributed by atoms with Crippen molar-refractivity contribution in [3.63, 3.8) is 0 Å². The van der Waals surface area contributed by atoms with Gasteiger partial charge in [-0.25, -0.2) is 0 Å². The number of halogens is 3. The van der Waals surface area contributed by atoms with Gasteiger partial charge in [0.25, 0.3) is 0 Å². The van der Waals surface area contributed by atoms with Crippen LogP contribution in [0.3, 0.4) is 0 Å². The summed E-state index contributed by atoms with van der Waals surface area (Å²) in [5.74, 6) is 0.677. The monoisotopic (exact) mass is 289 g/mol. The molecule has 0 amide bonds. The van der Waals surface area contributed by atoms with E-state index in [4.69, 9.17) is 0 Å². The first-order valence-corrected chi connectivity index (χ1v) is 6.80. The highest BCUT2D eigenvalue weighted by molar-refractivity contribution is 5.21. The van der Waals surface area contributed by atoms with Gasteiger partial charge in [0.2, 0.25) is 0 Å². The van der Waals surface area contributed by atoms with Gasteiger partial charge in [0, 0.05) is 6.54 Å². The molecule has 0 heterocycles. The van der Waals surface area contributed by atoms with Crippen molar-refractivity contribution >= 4 is 0 Å². The summed E-state index contributed by atoms with van der Waals surface area (Å²) >= 11 is 0. The summed E-state index contributed by atoms with van der Waals surface area (Å²) in [5.41, 5.74) is 1.87. The average Bonchev–Trinajstić information content (AvgIpc) is 2.34. The van der Waals surface area contributed by atoms with Crippen molar-refractivity contribution in [3.8, 4) is 0 Å². The van der Waals surface area contributed by atoms with E-state index in [0.29, 0.717) is 5.92 Å². The Kier molecular flexibility index (Phi) is 7.02. The average molecular weight is 289 g/mol. The van der Waals surface area contributed by atoms with E-state index in [1.807, 2.05) is 12.1 Å². The number of nitrogens with one attached hydrogen (secondary N) is 1. The van der Waals surface area contributed by atoms with Crippen LogP contribution in [0.2, 0.25) is 0 Å². The fraction of sp³-hybridized carbons (Fsp3) is 0.600. The maximum atomic E-state index is 11.9. The Morgan fingerprint density at radius 3 is 2.25 bits per heavy atom. The second-order valence-corrected chi connectivity index (χ2v) is 5.28. The van der Waals surface area contributed by atoms with E-state index in [0.717, 1.165) is 30.6 Å². The van der Waals surface area contributed by atoms with E-state index in [2.05, 4.69) is 23.9 Å². The highest BCUT2D eigenvalue weighted by Gasteiger charge is 2.27. The quantitative estimate of drug-likeness (QED) is 0.733. The fourth-order valence-corrected chi connectivity index (χ4v) is 1.66. The molecule has 1 aromatic rings. The molecule has 0 aliphatic heterocycles. The predicted molar refractivity (Wildman–Crippen MR) is 73.3 cm³/mol. The van der Waals surface area contributed by atoms with E-state index < -0.39 is 12.8 Å². The molecule has 0 bridgehead atoms. The van der Waals surface area contributed by atoms with Gasteiger partial charge in [0.1, 0.15) is 6.61 Å². The summed E-state index contributed by atoms with van der Waals surface area (Å²) in [4.78, 5) is 0. The van der Waals surface area contributed by atoms with Crippen LogP contribution in [0, 0.1) is 5.92 Å². The molecule has 1 rings (SSSR count). The van der Waals surface area contributed by atoms with Crippen LogP contribution in [0.4, 0.5) is 13.2 Å².